The Morgan fingerprint density at radius 1 is 1.00 bits per heavy atom. The summed E-state index contributed by atoms with van der Waals surface area (Å²) >= 11 is 0. The molecule has 0 aliphatic carbocycles. The van der Waals surface area contributed by atoms with Crippen LogP contribution in [0, 0.1) is 5.92 Å². The topological polar surface area (TPSA) is 78.0 Å². The lowest BCUT2D eigenvalue weighted by Crippen LogP contribution is -2.46. The first-order valence-electron chi connectivity index (χ1n) is 12.6. The molecule has 1 fully saturated rings. The lowest BCUT2D eigenvalue weighted by atomic mass is 9.97. The van der Waals surface area contributed by atoms with Crippen molar-refractivity contribution in [1.82, 2.24) is 28.8 Å². The molecule has 200 valence electrons. The summed E-state index contributed by atoms with van der Waals surface area (Å²) in [7, 11) is 1.85. The van der Waals surface area contributed by atoms with E-state index in [2.05, 4.69) is 10.1 Å². The van der Waals surface area contributed by atoms with E-state index in [1.807, 2.05) is 31.3 Å². The van der Waals surface area contributed by atoms with Gasteiger partial charge in [-0.3, -0.25) is 23.6 Å². The molecule has 8 nitrogen and oxygen atoms in total. The monoisotopic (exact) mass is 534 g/mol. The van der Waals surface area contributed by atoms with E-state index in [9.17, 15) is 22.8 Å². The van der Waals surface area contributed by atoms with Gasteiger partial charge >= 0.3 is 11.9 Å². The highest BCUT2D eigenvalue weighted by molar-refractivity contribution is 5.93. The smallest absolute Gasteiger partial charge is 0.341 e. The molecule has 2 aromatic carbocycles. The molecule has 4 heterocycles. The third kappa shape index (κ3) is 4.37. The Morgan fingerprint density at radius 3 is 2.49 bits per heavy atom. The molecule has 0 spiro atoms. The van der Waals surface area contributed by atoms with E-state index in [0.717, 1.165) is 22.0 Å². The first-order chi connectivity index (χ1) is 18.7. The van der Waals surface area contributed by atoms with Crippen LogP contribution in [-0.4, -0.2) is 54.0 Å². The van der Waals surface area contributed by atoms with Gasteiger partial charge < -0.3 is 4.90 Å². The average molecular weight is 535 g/mol. The summed E-state index contributed by atoms with van der Waals surface area (Å²) in [5.74, 6) is -2.04. The van der Waals surface area contributed by atoms with Crippen molar-refractivity contribution in [3.63, 3.8) is 0 Å². The standard InChI is InChI=1S/C28H25F3N6O2/c1-34-25-15-32-13-21(22(25)14-33-34)18-8-10-20(11-9-18)37-24-7-3-2-6-23(24)36(27(37)39)17-26(38)35-12-4-5-19(16-35)28(29,30)31/h2-3,6-11,13-15,19H,4-5,12,16-17H2,1H3/t19-/m1/s1. The maximum atomic E-state index is 13.6. The number of likely N-dealkylation sites (tertiary alicyclic amines) is 1. The number of rotatable bonds is 4. The molecule has 1 aliphatic rings. The van der Waals surface area contributed by atoms with Crippen LogP contribution in [0.4, 0.5) is 13.2 Å². The molecule has 1 amide bonds. The summed E-state index contributed by atoms with van der Waals surface area (Å²) in [6, 6.07) is 14.5. The van der Waals surface area contributed by atoms with Crippen LogP contribution in [0.5, 0.6) is 0 Å². The third-order valence-electron chi connectivity index (χ3n) is 7.48. The maximum Gasteiger partial charge on any atom is 0.393 e. The highest BCUT2D eigenvalue weighted by atomic mass is 19.4. The number of carbonyl (C=O) groups is 1. The fraction of sp³-hybridized carbons (Fsp3) is 0.286. The molecule has 6 rings (SSSR count). The van der Waals surface area contributed by atoms with Crippen molar-refractivity contribution in [2.45, 2.75) is 25.6 Å². The second-order valence-corrected chi connectivity index (χ2v) is 9.85. The summed E-state index contributed by atoms with van der Waals surface area (Å²) in [6.07, 6.45) is 1.25. The van der Waals surface area contributed by atoms with Crippen molar-refractivity contribution in [2.75, 3.05) is 13.1 Å². The zero-order chi connectivity index (χ0) is 27.3. The molecule has 1 atom stereocenters. The van der Waals surface area contributed by atoms with Gasteiger partial charge in [0.2, 0.25) is 5.91 Å². The molecular formula is C28H25F3N6O2. The van der Waals surface area contributed by atoms with Crippen LogP contribution in [0.25, 0.3) is 38.8 Å². The van der Waals surface area contributed by atoms with Crippen molar-refractivity contribution in [3.05, 3.63) is 77.6 Å². The third-order valence-corrected chi connectivity index (χ3v) is 7.48. The Morgan fingerprint density at radius 2 is 1.74 bits per heavy atom. The summed E-state index contributed by atoms with van der Waals surface area (Å²) in [5, 5.41) is 5.27. The van der Waals surface area contributed by atoms with Crippen LogP contribution in [0.1, 0.15) is 12.8 Å². The highest BCUT2D eigenvalue weighted by Gasteiger charge is 2.42. The summed E-state index contributed by atoms with van der Waals surface area (Å²) in [4.78, 5) is 32.2. The van der Waals surface area contributed by atoms with E-state index in [1.165, 1.54) is 14.0 Å². The van der Waals surface area contributed by atoms with Gasteiger partial charge in [0, 0.05) is 37.3 Å². The quantitative estimate of drug-likeness (QED) is 0.339. The minimum absolute atomic E-state index is 0.00782. The van der Waals surface area contributed by atoms with E-state index in [0.29, 0.717) is 16.7 Å². The number of aryl methyl sites for hydroxylation is 1. The molecular weight excluding hydrogens is 509 g/mol. The molecule has 0 bridgehead atoms. The summed E-state index contributed by atoms with van der Waals surface area (Å²) in [5.41, 5.74) is 4.02. The molecule has 3 aromatic heterocycles. The van der Waals surface area contributed by atoms with Gasteiger partial charge in [-0.05, 0) is 42.7 Å². The Labute approximate surface area is 220 Å². The first-order valence-corrected chi connectivity index (χ1v) is 12.6. The molecule has 0 unspecified atom stereocenters. The molecule has 1 saturated heterocycles. The molecule has 39 heavy (non-hydrogen) atoms. The van der Waals surface area contributed by atoms with Gasteiger partial charge in [-0.2, -0.15) is 18.3 Å². The number of pyridine rings is 1. The Balaban J connectivity index is 1.34. The number of halogens is 3. The molecule has 0 N–H and O–H groups in total. The number of imidazole rings is 1. The number of piperidine rings is 1. The van der Waals surface area contributed by atoms with Crippen LogP contribution < -0.4 is 5.69 Å². The highest BCUT2D eigenvalue weighted by Crippen LogP contribution is 2.33. The molecule has 0 radical (unpaired) electrons. The summed E-state index contributed by atoms with van der Waals surface area (Å²) in [6.45, 7) is -0.460. The minimum atomic E-state index is -4.35. The van der Waals surface area contributed by atoms with Gasteiger partial charge in [0.05, 0.1) is 40.5 Å². The lowest BCUT2D eigenvalue weighted by molar-refractivity contribution is -0.188. The van der Waals surface area contributed by atoms with Gasteiger partial charge in [0.25, 0.3) is 0 Å². The number of nitrogens with zero attached hydrogens (tertiary/aromatic N) is 6. The van der Waals surface area contributed by atoms with Crippen LogP contribution in [0.15, 0.2) is 71.9 Å². The normalized spacial score (nSPS) is 16.3. The number of hydrogen-bond acceptors (Lipinski definition) is 4. The summed E-state index contributed by atoms with van der Waals surface area (Å²) < 4.78 is 44.4. The van der Waals surface area contributed by atoms with E-state index in [-0.39, 0.29) is 32.5 Å². The Bertz CT molecular complexity index is 1750. The Hall–Kier alpha value is -4.41. The van der Waals surface area contributed by atoms with Crippen LogP contribution >= 0.6 is 0 Å². The van der Waals surface area contributed by atoms with Gasteiger partial charge in [0.1, 0.15) is 6.54 Å². The van der Waals surface area contributed by atoms with E-state index in [4.69, 9.17) is 0 Å². The van der Waals surface area contributed by atoms with Crippen molar-refractivity contribution in [1.29, 1.82) is 0 Å². The van der Waals surface area contributed by atoms with Gasteiger partial charge in [-0.25, -0.2) is 4.79 Å². The second kappa shape index (κ2) is 9.40. The number of para-hydroxylation sites is 2. The van der Waals surface area contributed by atoms with Crippen molar-refractivity contribution >= 4 is 27.8 Å². The van der Waals surface area contributed by atoms with E-state index >= 15 is 0 Å². The average Bonchev–Trinajstić information content (AvgIpc) is 3.45. The number of benzene rings is 2. The number of fused-ring (bicyclic) bond motifs is 2. The zero-order valence-corrected chi connectivity index (χ0v) is 21.1. The number of aromatic nitrogens is 5. The SMILES string of the molecule is Cn1ncc2c(-c3ccc(-n4c(=O)n(CC(=O)N5CCC[C@@H](C(F)(F)F)C5)c5ccccc54)cc3)cncc21. The second-order valence-electron chi connectivity index (χ2n) is 9.85. The fourth-order valence-electron chi connectivity index (χ4n) is 5.40. The number of alkyl halides is 3. The Kier molecular flexibility index (Phi) is 6.00. The van der Waals surface area contributed by atoms with E-state index < -0.39 is 23.7 Å². The van der Waals surface area contributed by atoms with Gasteiger partial charge in [-0.15, -0.1) is 0 Å². The predicted octanol–water partition coefficient (Wildman–Crippen LogP) is 4.54. The molecule has 5 aromatic rings. The fourth-order valence-corrected chi connectivity index (χ4v) is 5.40. The lowest BCUT2D eigenvalue weighted by Gasteiger charge is -2.33. The van der Waals surface area contributed by atoms with Crippen molar-refractivity contribution in [3.8, 4) is 16.8 Å². The van der Waals surface area contributed by atoms with Crippen molar-refractivity contribution < 1.29 is 18.0 Å². The maximum absolute atomic E-state index is 13.6. The van der Waals surface area contributed by atoms with Gasteiger partial charge in [0.15, 0.2) is 0 Å². The molecule has 1 aliphatic heterocycles. The van der Waals surface area contributed by atoms with Crippen LogP contribution in [0.2, 0.25) is 0 Å². The minimum Gasteiger partial charge on any atom is -0.341 e. The van der Waals surface area contributed by atoms with Gasteiger partial charge in [-0.1, -0.05) is 24.3 Å². The predicted molar refractivity (Wildman–Crippen MR) is 140 cm³/mol. The van der Waals surface area contributed by atoms with Crippen LogP contribution in [-0.2, 0) is 18.4 Å². The molecule has 0 saturated carbocycles. The van der Waals surface area contributed by atoms with Crippen molar-refractivity contribution in [2.24, 2.45) is 13.0 Å². The number of amides is 1. The van der Waals surface area contributed by atoms with Crippen LogP contribution in [0.3, 0.4) is 0 Å². The van der Waals surface area contributed by atoms with E-state index in [1.54, 1.807) is 47.5 Å². The number of hydrogen-bond donors (Lipinski definition) is 0. The number of carbonyl (C=O) groups excluding carboxylic acids is 1. The zero-order valence-electron chi connectivity index (χ0n) is 21.1. The molecule has 11 heteroatoms. The largest absolute Gasteiger partial charge is 0.393 e. The first kappa shape index (κ1) is 24.9.